The summed E-state index contributed by atoms with van der Waals surface area (Å²) in [5.74, 6) is -0.125. The molecular weight excluding hydrogens is 415 g/mol. The van der Waals surface area contributed by atoms with Gasteiger partial charge in [-0.05, 0) is 44.9 Å². The van der Waals surface area contributed by atoms with Gasteiger partial charge < -0.3 is 19.5 Å². The number of ether oxygens (including phenoxy) is 3. The fourth-order valence-corrected chi connectivity index (χ4v) is 3.51. The topological polar surface area (TPSA) is 82.6 Å². The Hall–Kier alpha value is -2.72. The first-order valence-electron chi connectivity index (χ1n) is 9.85. The van der Waals surface area contributed by atoms with Crippen molar-refractivity contribution in [2.45, 2.75) is 46.2 Å². The van der Waals surface area contributed by atoms with Gasteiger partial charge in [0, 0.05) is 0 Å². The molecule has 1 aliphatic rings. The summed E-state index contributed by atoms with van der Waals surface area (Å²) in [7, 11) is 0. The molecule has 1 atom stereocenters. The Bertz CT molecular complexity index is 960. The van der Waals surface area contributed by atoms with Crippen molar-refractivity contribution in [3.05, 3.63) is 52.0 Å². The Balaban J connectivity index is 2.04. The molecule has 1 N–H and O–H groups in total. The number of hydrogen-bond donors (Lipinski definition) is 1. The summed E-state index contributed by atoms with van der Waals surface area (Å²) in [6.07, 6.45) is -5.35. The smallest absolute Gasteiger partial charge is 0.416 e. The minimum Gasteiger partial charge on any atom is -0.461 e. The number of nitrogens with zero attached hydrogens (tertiary/aromatic N) is 2. The molecule has 0 aliphatic carbocycles. The van der Waals surface area contributed by atoms with E-state index in [1.54, 1.807) is 26.8 Å². The van der Waals surface area contributed by atoms with Crippen LogP contribution in [0.3, 0.4) is 0 Å². The normalized spacial score (nSPS) is 15.7. The lowest BCUT2D eigenvalue weighted by atomic mass is 9.97. The van der Waals surface area contributed by atoms with Crippen molar-refractivity contribution < 1.29 is 32.2 Å². The maximum atomic E-state index is 13.3. The van der Waals surface area contributed by atoms with Gasteiger partial charge in [-0.25, -0.2) is 14.8 Å². The molecule has 1 unspecified atom stereocenters. The molecule has 1 aliphatic heterocycles. The van der Waals surface area contributed by atoms with Gasteiger partial charge in [0.2, 0.25) is 0 Å². The molecule has 7 nitrogen and oxygen atoms in total. The van der Waals surface area contributed by atoms with Crippen LogP contribution in [0.1, 0.15) is 64.7 Å². The van der Waals surface area contributed by atoms with Gasteiger partial charge in [-0.2, -0.15) is 13.2 Å². The first-order chi connectivity index (χ1) is 14.6. The molecule has 10 heteroatoms. The Morgan fingerprint density at radius 1 is 1.26 bits per heavy atom. The predicted octanol–water partition coefficient (Wildman–Crippen LogP) is 4.51. The van der Waals surface area contributed by atoms with Crippen LogP contribution in [-0.2, 0) is 20.4 Å². The molecule has 3 rings (SSSR count). The average molecular weight is 439 g/mol. The maximum Gasteiger partial charge on any atom is 0.416 e. The summed E-state index contributed by atoms with van der Waals surface area (Å²) in [5.41, 5.74) is 0.117. The fraction of sp³-hybridized carbons (Fsp3) is 0.476. The van der Waals surface area contributed by atoms with E-state index in [4.69, 9.17) is 14.2 Å². The molecule has 1 aromatic carbocycles. The third-order valence-corrected chi connectivity index (χ3v) is 4.88. The van der Waals surface area contributed by atoms with Crippen LogP contribution in [0.4, 0.5) is 19.0 Å². The third kappa shape index (κ3) is 4.96. The van der Waals surface area contributed by atoms with Crippen molar-refractivity contribution in [3.63, 3.8) is 0 Å². The van der Waals surface area contributed by atoms with Crippen LogP contribution >= 0.6 is 0 Å². The fourth-order valence-electron chi connectivity index (χ4n) is 3.51. The zero-order valence-electron chi connectivity index (χ0n) is 17.7. The van der Waals surface area contributed by atoms with Crippen molar-refractivity contribution in [3.8, 4) is 0 Å². The molecule has 2 heterocycles. The molecule has 31 heavy (non-hydrogen) atoms. The molecule has 0 bridgehead atoms. The van der Waals surface area contributed by atoms with Crippen molar-refractivity contribution >= 4 is 11.8 Å². The van der Waals surface area contributed by atoms with Gasteiger partial charge >= 0.3 is 12.1 Å². The molecule has 0 saturated carbocycles. The number of esters is 1. The van der Waals surface area contributed by atoms with Crippen LogP contribution in [0.5, 0.6) is 0 Å². The van der Waals surface area contributed by atoms with E-state index in [1.165, 1.54) is 13.0 Å². The van der Waals surface area contributed by atoms with Crippen molar-refractivity contribution in [1.29, 1.82) is 0 Å². The molecule has 0 radical (unpaired) electrons. The van der Waals surface area contributed by atoms with E-state index in [2.05, 4.69) is 15.3 Å². The summed E-state index contributed by atoms with van der Waals surface area (Å²) >= 11 is 0. The van der Waals surface area contributed by atoms with Crippen molar-refractivity contribution in [1.82, 2.24) is 9.97 Å². The molecule has 0 spiro atoms. The van der Waals surface area contributed by atoms with E-state index >= 15 is 0 Å². The summed E-state index contributed by atoms with van der Waals surface area (Å²) in [6, 6.07) is 3.46. The van der Waals surface area contributed by atoms with Crippen LogP contribution in [0.15, 0.2) is 18.2 Å². The summed E-state index contributed by atoms with van der Waals surface area (Å²) in [4.78, 5) is 21.1. The highest BCUT2D eigenvalue weighted by molar-refractivity contribution is 5.90. The van der Waals surface area contributed by atoms with E-state index < -0.39 is 30.0 Å². The van der Waals surface area contributed by atoms with Gasteiger partial charge in [-0.1, -0.05) is 12.1 Å². The molecule has 1 aromatic heterocycles. The van der Waals surface area contributed by atoms with Gasteiger partial charge in [0.15, 0.2) is 12.0 Å². The number of anilines is 1. The summed E-state index contributed by atoms with van der Waals surface area (Å²) < 4.78 is 56.2. The Labute approximate surface area is 177 Å². The SMILES string of the molecule is CCOC(=O)c1nc(C)nc(NC(C)c2cccc(C(F)(F)F)c2C)c1C1OCCO1. The number of carbonyl (C=O) groups is 1. The number of carbonyl (C=O) groups excluding carboxylic acids is 1. The standard InChI is InChI=1S/C21H24F3N3O4/c1-5-29-19(28)17-16(20-30-9-10-31-20)18(27-13(4)26-17)25-12(3)14-7-6-8-15(11(14)2)21(22,23)24/h6-8,12,20H,5,9-10H2,1-4H3,(H,25,26,27). The number of hydrogen-bond acceptors (Lipinski definition) is 7. The monoisotopic (exact) mass is 439 g/mol. The number of halogens is 3. The maximum absolute atomic E-state index is 13.3. The number of aromatic nitrogens is 2. The lowest BCUT2D eigenvalue weighted by Crippen LogP contribution is -2.21. The van der Waals surface area contributed by atoms with E-state index in [0.29, 0.717) is 24.6 Å². The highest BCUT2D eigenvalue weighted by atomic mass is 19.4. The lowest BCUT2D eigenvalue weighted by Gasteiger charge is -2.23. The highest BCUT2D eigenvalue weighted by Crippen LogP contribution is 2.37. The van der Waals surface area contributed by atoms with Crippen molar-refractivity contribution in [2.75, 3.05) is 25.1 Å². The van der Waals surface area contributed by atoms with Gasteiger partial charge in [0.25, 0.3) is 0 Å². The number of nitrogens with one attached hydrogen (secondary N) is 1. The zero-order chi connectivity index (χ0) is 22.8. The van der Waals surface area contributed by atoms with Crippen LogP contribution in [0.25, 0.3) is 0 Å². The van der Waals surface area contributed by atoms with Gasteiger partial charge in [-0.3, -0.25) is 0 Å². The van der Waals surface area contributed by atoms with E-state index in [1.807, 2.05) is 0 Å². The lowest BCUT2D eigenvalue weighted by molar-refractivity contribution is -0.138. The third-order valence-electron chi connectivity index (χ3n) is 4.88. The largest absolute Gasteiger partial charge is 0.461 e. The minimum atomic E-state index is -4.46. The van der Waals surface area contributed by atoms with Gasteiger partial charge in [0.1, 0.15) is 11.6 Å². The van der Waals surface area contributed by atoms with Crippen LogP contribution < -0.4 is 5.32 Å². The predicted molar refractivity (Wildman–Crippen MR) is 106 cm³/mol. The van der Waals surface area contributed by atoms with Gasteiger partial charge in [-0.15, -0.1) is 0 Å². The highest BCUT2D eigenvalue weighted by Gasteiger charge is 2.34. The summed E-state index contributed by atoms with van der Waals surface area (Å²) in [5, 5.41) is 3.12. The second kappa shape index (κ2) is 9.19. The van der Waals surface area contributed by atoms with Crippen LogP contribution in [0, 0.1) is 13.8 Å². The Morgan fingerprint density at radius 3 is 2.55 bits per heavy atom. The number of alkyl halides is 3. The number of rotatable bonds is 6. The molecule has 168 valence electrons. The molecular formula is C21H24F3N3O4. The quantitative estimate of drug-likeness (QED) is 0.663. The van der Waals surface area contributed by atoms with E-state index in [9.17, 15) is 18.0 Å². The second-order valence-corrected chi connectivity index (χ2v) is 7.06. The number of aryl methyl sites for hydroxylation is 1. The Morgan fingerprint density at radius 2 is 1.94 bits per heavy atom. The zero-order valence-corrected chi connectivity index (χ0v) is 17.7. The van der Waals surface area contributed by atoms with Crippen molar-refractivity contribution in [2.24, 2.45) is 0 Å². The van der Waals surface area contributed by atoms with E-state index in [0.717, 1.165) is 6.07 Å². The Kier molecular flexibility index (Phi) is 6.80. The average Bonchev–Trinajstić information content (AvgIpc) is 3.21. The van der Waals surface area contributed by atoms with Gasteiger partial charge in [0.05, 0.1) is 37.0 Å². The van der Waals surface area contributed by atoms with Crippen LogP contribution in [-0.4, -0.2) is 35.8 Å². The van der Waals surface area contributed by atoms with Crippen LogP contribution in [0.2, 0.25) is 0 Å². The second-order valence-electron chi connectivity index (χ2n) is 7.06. The molecule has 2 aromatic rings. The molecule has 0 amide bonds. The molecule has 1 fully saturated rings. The first kappa shape index (κ1) is 23.0. The minimum absolute atomic E-state index is 0.00304. The molecule has 1 saturated heterocycles. The van der Waals surface area contributed by atoms with E-state index in [-0.39, 0.29) is 29.2 Å². The summed E-state index contributed by atoms with van der Waals surface area (Å²) in [6.45, 7) is 7.21. The first-order valence-corrected chi connectivity index (χ1v) is 9.85. The number of benzene rings is 1.